The third-order valence-corrected chi connectivity index (χ3v) is 3.75. The van der Waals surface area contributed by atoms with Gasteiger partial charge in [0.1, 0.15) is 11.3 Å². The lowest BCUT2D eigenvalue weighted by molar-refractivity contribution is 0.245. The Hall–Kier alpha value is -2.06. The summed E-state index contributed by atoms with van der Waals surface area (Å²) in [6.45, 7) is 1.89. The highest BCUT2D eigenvalue weighted by molar-refractivity contribution is 7.85. The number of hydrogen-bond donors (Lipinski definition) is 0. The largest absolute Gasteiger partial charge is 0.497 e. The molecule has 7 nitrogen and oxygen atoms in total. The van der Waals surface area contributed by atoms with Gasteiger partial charge in [0.05, 0.1) is 26.6 Å². The summed E-state index contributed by atoms with van der Waals surface area (Å²) in [6.07, 6.45) is 1.30. The molecular formula is C15H18O7S. The zero-order chi connectivity index (χ0) is 17.0. The standard InChI is InChI=1S/C15H18O7S/c1-10-12-6-5-11(19-2)9-13(12)22-15(16)14(10)20-7-4-8-21-23(3,17)18/h5-6,9H,4,7-8H2,1-3H3. The van der Waals surface area contributed by atoms with Gasteiger partial charge in [-0.25, -0.2) is 4.79 Å². The lowest BCUT2D eigenvalue weighted by Gasteiger charge is -2.10. The molecule has 0 amide bonds. The van der Waals surface area contributed by atoms with Crippen LogP contribution >= 0.6 is 0 Å². The predicted octanol–water partition coefficient (Wildman–Crippen LogP) is 1.86. The summed E-state index contributed by atoms with van der Waals surface area (Å²) >= 11 is 0. The zero-order valence-corrected chi connectivity index (χ0v) is 13.9. The molecule has 0 bridgehead atoms. The van der Waals surface area contributed by atoms with Crippen LogP contribution in [-0.4, -0.2) is 35.0 Å². The quantitative estimate of drug-likeness (QED) is 0.431. The van der Waals surface area contributed by atoms with Crippen molar-refractivity contribution in [1.82, 2.24) is 0 Å². The van der Waals surface area contributed by atoms with E-state index in [2.05, 4.69) is 4.18 Å². The first kappa shape index (κ1) is 17.3. The topological polar surface area (TPSA) is 92.0 Å². The number of methoxy groups -OCH3 is 1. The molecule has 0 aliphatic rings. The van der Waals surface area contributed by atoms with Crippen LogP contribution in [0.3, 0.4) is 0 Å². The van der Waals surface area contributed by atoms with Crippen LogP contribution in [0, 0.1) is 6.92 Å². The van der Waals surface area contributed by atoms with Gasteiger partial charge in [0, 0.05) is 23.4 Å². The second-order valence-corrected chi connectivity index (χ2v) is 6.58. The van der Waals surface area contributed by atoms with Crippen molar-refractivity contribution in [3.63, 3.8) is 0 Å². The highest BCUT2D eigenvalue weighted by Crippen LogP contribution is 2.27. The van der Waals surface area contributed by atoms with Crippen LogP contribution in [-0.2, 0) is 14.3 Å². The van der Waals surface area contributed by atoms with Crippen molar-refractivity contribution >= 4 is 21.1 Å². The third-order valence-electron chi connectivity index (χ3n) is 3.15. The molecule has 1 heterocycles. The van der Waals surface area contributed by atoms with E-state index < -0.39 is 15.7 Å². The summed E-state index contributed by atoms with van der Waals surface area (Å²) in [5, 5.41) is 0.743. The van der Waals surface area contributed by atoms with Gasteiger partial charge in [0.2, 0.25) is 5.75 Å². The molecule has 0 unspecified atom stereocenters. The summed E-state index contributed by atoms with van der Waals surface area (Å²) in [7, 11) is -1.94. The number of ether oxygens (including phenoxy) is 2. The molecular weight excluding hydrogens is 324 g/mol. The maximum absolute atomic E-state index is 12.0. The fraction of sp³-hybridized carbons (Fsp3) is 0.400. The Labute approximate surface area is 133 Å². The van der Waals surface area contributed by atoms with E-state index in [1.54, 1.807) is 25.1 Å². The van der Waals surface area contributed by atoms with Gasteiger partial charge in [-0.1, -0.05) is 0 Å². The first-order valence-electron chi connectivity index (χ1n) is 6.90. The Morgan fingerprint density at radius 1 is 1.22 bits per heavy atom. The lowest BCUT2D eigenvalue weighted by Crippen LogP contribution is -2.12. The molecule has 126 valence electrons. The minimum atomic E-state index is -3.47. The molecule has 0 radical (unpaired) electrons. The minimum absolute atomic E-state index is 0.00596. The highest BCUT2D eigenvalue weighted by Gasteiger charge is 2.13. The smallest absolute Gasteiger partial charge is 0.379 e. The summed E-state index contributed by atoms with van der Waals surface area (Å²) in [5.41, 5.74) is 0.481. The lowest BCUT2D eigenvalue weighted by atomic mass is 10.1. The van der Waals surface area contributed by atoms with Crippen molar-refractivity contribution in [2.75, 3.05) is 26.6 Å². The maximum Gasteiger partial charge on any atom is 0.379 e. The Morgan fingerprint density at radius 2 is 1.96 bits per heavy atom. The maximum atomic E-state index is 12.0. The van der Waals surface area contributed by atoms with Crippen molar-refractivity contribution in [3.05, 3.63) is 34.2 Å². The highest BCUT2D eigenvalue weighted by atomic mass is 32.2. The van der Waals surface area contributed by atoms with E-state index in [4.69, 9.17) is 13.9 Å². The van der Waals surface area contributed by atoms with Gasteiger partial charge in [0.25, 0.3) is 10.1 Å². The average Bonchev–Trinajstić information content (AvgIpc) is 2.48. The molecule has 2 aromatic rings. The Kier molecular flexibility index (Phi) is 5.27. The van der Waals surface area contributed by atoms with Gasteiger partial charge in [-0.3, -0.25) is 4.18 Å². The van der Waals surface area contributed by atoms with Gasteiger partial charge in [0.15, 0.2) is 0 Å². The van der Waals surface area contributed by atoms with E-state index in [1.807, 2.05) is 0 Å². The molecule has 0 aliphatic heterocycles. The van der Waals surface area contributed by atoms with E-state index in [1.165, 1.54) is 7.11 Å². The summed E-state index contributed by atoms with van der Waals surface area (Å²) in [5.74, 6) is 0.702. The van der Waals surface area contributed by atoms with E-state index in [-0.39, 0.29) is 19.0 Å². The van der Waals surface area contributed by atoms with E-state index in [9.17, 15) is 13.2 Å². The number of benzene rings is 1. The van der Waals surface area contributed by atoms with Crippen LogP contribution in [0.2, 0.25) is 0 Å². The van der Waals surface area contributed by atoms with Crippen LogP contribution < -0.4 is 15.1 Å². The first-order valence-corrected chi connectivity index (χ1v) is 8.72. The second kappa shape index (κ2) is 7.01. The van der Waals surface area contributed by atoms with Gasteiger partial charge in [-0.15, -0.1) is 0 Å². The Bertz CT molecular complexity index is 852. The van der Waals surface area contributed by atoms with E-state index in [0.29, 0.717) is 23.3 Å². The van der Waals surface area contributed by atoms with E-state index >= 15 is 0 Å². The fourth-order valence-electron chi connectivity index (χ4n) is 2.06. The van der Waals surface area contributed by atoms with Crippen molar-refractivity contribution < 1.29 is 26.5 Å². The molecule has 2 rings (SSSR count). The van der Waals surface area contributed by atoms with Gasteiger partial charge in [-0.2, -0.15) is 8.42 Å². The predicted molar refractivity (Wildman–Crippen MR) is 84.7 cm³/mol. The third kappa shape index (κ3) is 4.46. The molecule has 0 atom stereocenters. The number of rotatable bonds is 7. The molecule has 0 N–H and O–H groups in total. The van der Waals surface area contributed by atoms with Crippen molar-refractivity contribution in [1.29, 1.82) is 0 Å². The first-order chi connectivity index (χ1) is 10.8. The molecule has 8 heteroatoms. The van der Waals surface area contributed by atoms with Crippen molar-refractivity contribution in [3.8, 4) is 11.5 Å². The van der Waals surface area contributed by atoms with Gasteiger partial charge < -0.3 is 13.9 Å². The van der Waals surface area contributed by atoms with Gasteiger partial charge >= 0.3 is 5.63 Å². The molecule has 1 aromatic heterocycles. The summed E-state index contributed by atoms with van der Waals surface area (Å²) in [4.78, 5) is 12.0. The molecule has 0 saturated heterocycles. The number of fused-ring (bicyclic) bond motifs is 1. The minimum Gasteiger partial charge on any atom is -0.497 e. The Morgan fingerprint density at radius 3 is 2.61 bits per heavy atom. The van der Waals surface area contributed by atoms with Crippen molar-refractivity contribution in [2.24, 2.45) is 0 Å². The molecule has 0 aliphatic carbocycles. The molecule has 0 spiro atoms. The molecule has 1 aromatic carbocycles. The van der Waals surface area contributed by atoms with Crippen molar-refractivity contribution in [2.45, 2.75) is 13.3 Å². The number of hydrogen-bond acceptors (Lipinski definition) is 7. The van der Waals surface area contributed by atoms with Crippen LogP contribution in [0.5, 0.6) is 11.5 Å². The SMILES string of the molecule is COc1ccc2c(C)c(OCCCOS(C)(=O)=O)c(=O)oc2c1. The summed E-state index contributed by atoms with van der Waals surface area (Å²) in [6, 6.07) is 5.18. The fourth-order valence-corrected chi connectivity index (χ4v) is 2.48. The Balaban J connectivity index is 2.13. The monoisotopic (exact) mass is 342 g/mol. The summed E-state index contributed by atoms with van der Waals surface area (Å²) < 4.78 is 42.0. The van der Waals surface area contributed by atoms with Crippen LogP contribution in [0.1, 0.15) is 12.0 Å². The van der Waals surface area contributed by atoms with Crippen LogP contribution in [0.25, 0.3) is 11.0 Å². The van der Waals surface area contributed by atoms with Crippen LogP contribution in [0.15, 0.2) is 27.4 Å². The number of aryl methyl sites for hydroxylation is 1. The molecule has 23 heavy (non-hydrogen) atoms. The van der Waals surface area contributed by atoms with E-state index in [0.717, 1.165) is 11.6 Å². The molecule has 0 fully saturated rings. The molecule has 0 saturated carbocycles. The average molecular weight is 342 g/mol. The van der Waals surface area contributed by atoms with Crippen LogP contribution in [0.4, 0.5) is 0 Å². The second-order valence-electron chi connectivity index (χ2n) is 4.93. The zero-order valence-electron chi connectivity index (χ0n) is 13.1. The normalized spacial score (nSPS) is 11.6. The van der Waals surface area contributed by atoms with Gasteiger partial charge in [-0.05, 0) is 19.1 Å².